The fourth-order valence-electron chi connectivity index (χ4n) is 4.11. The van der Waals surface area contributed by atoms with Crippen molar-refractivity contribution < 1.29 is 4.74 Å². The van der Waals surface area contributed by atoms with Crippen LogP contribution in [0.2, 0.25) is 0 Å². The Kier molecular flexibility index (Phi) is 11.9. The Morgan fingerprint density at radius 2 is 1.77 bits per heavy atom. The third kappa shape index (κ3) is 9.17. The summed E-state index contributed by atoms with van der Waals surface area (Å²) in [5.41, 5.74) is 9.57. The molecular weight excluding hydrogens is 499 g/mol. The monoisotopic (exact) mass is 536 g/mol. The van der Waals surface area contributed by atoms with Gasteiger partial charge in [0.25, 0.3) is 0 Å². The number of piperidine rings is 1. The Balaban J connectivity index is 0.00000341. The van der Waals surface area contributed by atoms with Crippen LogP contribution in [0.3, 0.4) is 0 Å². The van der Waals surface area contributed by atoms with Crippen molar-refractivity contribution in [3.05, 3.63) is 65.7 Å². The van der Waals surface area contributed by atoms with E-state index < -0.39 is 0 Å². The SMILES string of the molecule is COCc1ccccc1NC(N)=NCCCCN1CCC(Cc2ccccc2)CC1.I. The minimum Gasteiger partial charge on any atom is -0.380 e. The van der Waals surface area contributed by atoms with Crippen LogP contribution < -0.4 is 11.1 Å². The molecule has 3 rings (SSSR count). The van der Waals surface area contributed by atoms with Crippen LogP contribution in [-0.2, 0) is 17.8 Å². The van der Waals surface area contributed by atoms with Crippen LogP contribution in [0.5, 0.6) is 0 Å². The van der Waals surface area contributed by atoms with E-state index in [-0.39, 0.29) is 24.0 Å². The average molecular weight is 537 g/mol. The van der Waals surface area contributed by atoms with Crippen LogP contribution in [-0.4, -0.2) is 44.1 Å². The third-order valence-corrected chi connectivity index (χ3v) is 5.82. The zero-order valence-corrected chi connectivity index (χ0v) is 21.0. The van der Waals surface area contributed by atoms with Crippen molar-refractivity contribution in [2.75, 3.05) is 38.6 Å². The lowest BCUT2D eigenvalue weighted by atomic mass is 9.90. The van der Waals surface area contributed by atoms with Crippen molar-refractivity contribution in [2.45, 2.75) is 38.7 Å². The lowest BCUT2D eigenvalue weighted by Crippen LogP contribution is -2.35. The molecule has 0 bridgehead atoms. The molecule has 0 unspecified atom stereocenters. The number of halogens is 1. The van der Waals surface area contributed by atoms with Crippen molar-refractivity contribution in [2.24, 2.45) is 16.6 Å². The number of likely N-dealkylation sites (tertiary alicyclic amines) is 1. The number of hydrogen-bond acceptors (Lipinski definition) is 3. The molecule has 1 saturated heterocycles. The first-order chi connectivity index (χ1) is 14.7. The highest BCUT2D eigenvalue weighted by atomic mass is 127. The maximum Gasteiger partial charge on any atom is 0.193 e. The summed E-state index contributed by atoms with van der Waals surface area (Å²) >= 11 is 0. The summed E-state index contributed by atoms with van der Waals surface area (Å²) in [6.45, 7) is 4.92. The van der Waals surface area contributed by atoms with E-state index in [0.717, 1.165) is 36.7 Å². The standard InChI is InChI=1S/C25H36N4O.HI/c1-30-20-23-11-5-6-12-24(23)28-25(26)27-15-7-8-16-29-17-13-22(14-18-29)19-21-9-3-2-4-10-21;/h2-6,9-12,22H,7-8,13-20H2,1H3,(H3,26,27,28);1H. The van der Waals surface area contributed by atoms with Crippen molar-refractivity contribution in [1.29, 1.82) is 0 Å². The van der Waals surface area contributed by atoms with Gasteiger partial charge in [0.2, 0.25) is 0 Å². The number of nitrogens with zero attached hydrogens (tertiary/aromatic N) is 2. The molecule has 0 amide bonds. The minimum atomic E-state index is 0. The highest BCUT2D eigenvalue weighted by Gasteiger charge is 2.18. The number of nitrogens with two attached hydrogens (primary N) is 1. The number of benzene rings is 2. The van der Waals surface area contributed by atoms with Crippen molar-refractivity contribution >= 4 is 35.6 Å². The third-order valence-electron chi connectivity index (χ3n) is 5.82. The number of unbranched alkanes of at least 4 members (excludes halogenated alkanes) is 1. The summed E-state index contributed by atoms with van der Waals surface area (Å²) in [6, 6.07) is 18.9. The van der Waals surface area contributed by atoms with E-state index in [9.17, 15) is 0 Å². The van der Waals surface area contributed by atoms with Crippen LogP contribution in [0.15, 0.2) is 59.6 Å². The number of rotatable bonds is 10. The Labute approximate surface area is 204 Å². The molecule has 0 aromatic heterocycles. The first kappa shape index (κ1) is 25.6. The Morgan fingerprint density at radius 1 is 1.06 bits per heavy atom. The molecule has 1 aliphatic rings. The minimum absolute atomic E-state index is 0. The van der Waals surface area contributed by atoms with Crippen molar-refractivity contribution in [3.8, 4) is 0 Å². The highest BCUT2D eigenvalue weighted by Crippen LogP contribution is 2.22. The van der Waals surface area contributed by atoms with Gasteiger partial charge in [-0.3, -0.25) is 4.99 Å². The summed E-state index contributed by atoms with van der Waals surface area (Å²) in [5, 5.41) is 3.20. The molecule has 1 fully saturated rings. The molecule has 31 heavy (non-hydrogen) atoms. The quantitative estimate of drug-likeness (QED) is 0.196. The number of guanidine groups is 1. The van der Waals surface area contributed by atoms with Crippen molar-refractivity contribution in [1.82, 2.24) is 4.90 Å². The van der Waals surface area contributed by atoms with Gasteiger partial charge in [0.05, 0.1) is 6.61 Å². The largest absolute Gasteiger partial charge is 0.380 e. The molecule has 170 valence electrons. The zero-order valence-electron chi connectivity index (χ0n) is 18.6. The summed E-state index contributed by atoms with van der Waals surface area (Å²) in [6.07, 6.45) is 6.07. The smallest absolute Gasteiger partial charge is 0.193 e. The Morgan fingerprint density at radius 3 is 2.52 bits per heavy atom. The topological polar surface area (TPSA) is 62.9 Å². The molecule has 1 heterocycles. The van der Waals surface area contributed by atoms with E-state index in [0.29, 0.717) is 12.6 Å². The summed E-state index contributed by atoms with van der Waals surface area (Å²) in [7, 11) is 1.69. The van der Waals surface area contributed by atoms with E-state index in [4.69, 9.17) is 10.5 Å². The van der Waals surface area contributed by atoms with E-state index in [1.165, 1.54) is 44.3 Å². The predicted molar refractivity (Wildman–Crippen MR) is 141 cm³/mol. The summed E-state index contributed by atoms with van der Waals surface area (Å²) in [5.74, 6) is 1.31. The number of para-hydroxylation sites is 1. The molecule has 6 heteroatoms. The van der Waals surface area contributed by atoms with Gasteiger partial charge >= 0.3 is 0 Å². The molecule has 5 nitrogen and oxygen atoms in total. The van der Waals surface area contributed by atoms with Crippen molar-refractivity contribution in [3.63, 3.8) is 0 Å². The molecule has 3 N–H and O–H groups in total. The maximum atomic E-state index is 6.06. The number of methoxy groups -OCH3 is 1. The Hall–Kier alpha value is -1.64. The van der Waals surface area contributed by atoms with E-state index in [1.54, 1.807) is 7.11 Å². The normalized spacial score (nSPS) is 15.5. The van der Waals surface area contributed by atoms with Gasteiger partial charge in [-0.15, -0.1) is 24.0 Å². The van der Waals surface area contributed by atoms with Gasteiger partial charge in [-0.2, -0.15) is 0 Å². The Bertz CT molecular complexity index is 776. The van der Waals surface area contributed by atoms with Crippen LogP contribution in [0.25, 0.3) is 0 Å². The van der Waals surface area contributed by atoms with Gasteiger partial charge in [-0.05, 0) is 69.3 Å². The molecule has 0 atom stereocenters. The summed E-state index contributed by atoms with van der Waals surface area (Å²) < 4.78 is 5.23. The summed E-state index contributed by atoms with van der Waals surface area (Å²) in [4.78, 5) is 7.09. The second-order valence-electron chi connectivity index (χ2n) is 8.16. The average Bonchev–Trinajstić information content (AvgIpc) is 2.77. The fourth-order valence-corrected chi connectivity index (χ4v) is 4.11. The van der Waals surface area contributed by atoms with Crippen LogP contribution >= 0.6 is 24.0 Å². The number of nitrogens with one attached hydrogen (secondary N) is 1. The van der Waals surface area contributed by atoms with Gasteiger partial charge in [-0.1, -0.05) is 48.5 Å². The second-order valence-corrected chi connectivity index (χ2v) is 8.16. The van der Waals surface area contributed by atoms with E-state index in [2.05, 4.69) is 45.5 Å². The molecule has 2 aromatic rings. The van der Waals surface area contributed by atoms with E-state index in [1.807, 2.05) is 24.3 Å². The van der Waals surface area contributed by atoms with Gasteiger partial charge in [0, 0.05) is 24.9 Å². The van der Waals surface area contributed by atoms with Crippen LogP contribution in [0, 0.1) is 5.92 Å². The molecular formula is C25H37IN4O. The molecule has 2 aromatic carbocycles. The highest BCUT2D eigenvalue weighted by molar-refractivity contribution is 14.0. The predicted octanol–water partition coefficient (Wildman–Crippen LogP) is 4.91. The maximum absolute atomic E-state index is 6.06. The molecule has 0 saturated carbocycles. The van der Waals surface area contributed by atoms with Gasteiger partial charge in [-0.25, -0.2) is 0 Å². The number of hydrogen-bond donors (Lipinski definition) is 2. The fraction of sp³-hybridized carbons (Fsp3) is 0.480. The number of anilines is 1. The molecule has 1 aliphatic heterocycles. The molecule has 0 radical (unpaired) electrons. The molecule has 0 aliphatic carbocycles. The molecule has 0 spiro atoms. The van der Waals surface area contributed by atoms with Gasteiger partial charge in [0.15, 0.2) is 5.96 Å². The van der Waals surface area contributed by atoms with Crippen LogP contribution in [0.4, 0.5) is 5.69 Å². The lowest BCUT2D eigenvalue weighted by Gasteiger charge is -2.32. The first-order valence-corrected chi connectivity index (χ1v) is 11.1. The number of aliphatic imine (C=N–C) groups is 1. The van der Waals surface area contributed by atoms with Gasteiger partial charge < -0.3 is 20.7 Å². The number of ether oxygens (including phenoxy) is 1. The second kappa shape index (κ2) is 14.4. The lowest BCUT2D eigenvalue weighted by molar-refractivity contribution is 0.181. The van der Waals surface area contributed by atoms with Gasteiger partial charge in [0.1, 0.15) is 0 Å². The van der Waals surface area contributed by atoms with Crippen LogP contribution in [0.1, 0.15) is 36.8 Å². The zero-order chi connectivity index (χ0) is 21.0. The van der Waals surface area contributed by atoms with E-state index >= 15 is 0 Å². The first-order valence-electron chi connectivity index (χ1n) is 11.1.